The first-order valence-electron chi connectivity index (χ1n) is 24.8. The van der Waals surface area contributed by atoms with Crippen LogP contribution in [-0.4, -0.2) is 6.29 Å². The molecule has 0 spiro atoms. The molecule has 0 heterocycles. The molecule has 6 heteroatoms. The van der Waals surface area contributed by atoms with Gasteiger partial charge in [-0.1, -0.05) is 320 Å². The fourth-order valence-corrected chi connectivity index (χ4v) is 19.8. The molecule has 0 saturated heterocycles. The quantitative estimate of drug-likeness (QED) is 0.0433. The Morgan fingerprint density at radius 2 is 0.616 bits per heavy atom. The number of hydrogen-bond acceptors (Lipinski definition) is 1. The molecule has 0 bridgehead atoms. The van der Waals surface area contributed by atoms with E-state index >= 15 is 0 Å². The second-order valence-electron chi connectivity index (χ2n) is 19.6. The standard InChI is InChI=1S/C34H31OP2.C33H31P2.Fe/c1-34(2,23-24-35)27-25-32(36(28-15-7-3-8-16-28)29-17-9-4-10-18-29)33(26-27)37(30-19-11-5-12-20-30)31-21-13-6-14-22-31;1-33(2,3)26-24-31(34(27-16-8-4-9-17-27)28-18-10-5-11-19-28)32(25-26)35(29-20-12-6-13-21-29)30-22-14-7-15-23-30;/h3-22,24-26H,23H2,1-2H3;4-25H,1-3H3;/q-5;-1;. The fraction of sp³-hybridized carbons (Fsp3) is 0.119. The van der Waals surface area contributed by atoms with E-state index in [1.807, 2.05) is 0 Å². The van der Waals surface area contributed by atoms with Crippen LogP contribution in [0.25, 0.3) is 0 Å². The van der Waals surface area contributed by atoms with Gasteiger partial charge in [-0.25, -0.2) is 15.8 Å². The van der Waals surface area contributed by atoms with Crippen LogP contribution >= 0.6 is 31.7 Å². The molecule has 0 aliphatic rings. The summed E-state index contributed by atoms with van der Waals surface area (Å²) in [7, 11) is -2.96. The summed E-state index contributed by atoms with van der Waals surface area (Å²) in [5.41, 5.74) is 2.50. The molecular formula is C67H62FeOP4-6. The minimum atomic E-state index is -0.788. The first-order chi connectivity index (χ1) is 35.1. The molecule has 0 unspecified atom stereocenters. The van der Waals surface area contributed by atoms with Crippen LogP contribution in [0.4, 0.5) is 0 Å². The van der Waals surface area contributed by atoms with Gasteiger partial charge in [0.15, 0.2) is 0 Å². The number of benzene rings is 8. The monoisotopic (exact) mass is 1060 g/mol. The molecule has 0 atom stereocenters. The SMILES string of the molecule is CC(C)(C)[c-]1cc(P(c2ccccc2)c2ccccc2)c(P(c2ccccc2)c2ccccc2)c1.CC(C)(CC=O)[c-]1[cH-][c-](P(c2ccccc2)c2ccccc2)[c-](P(c2ccccc2)c2ccccc2)[cH-]1.[Fe]. The van der Waals surface area contributed by atoms with Gasteiger partial charge in [0.25, 0.3) is 0 Å². The van der Waals surface area contributed by atoms with Gasteiger partial charge < -0.3 is 33.1 Å². The number of carbonyl (C=O) groups is 1. The molecule has 0 aliphatic carbocycles. The minimum absolute atomic E-state index is 0. The van der Waals surface area contributed by atoms with E-state index < -0.39 is 31.7 Å². The molecule has 10 aromatic rings. The maximum atomic E-state index is 11.6. The molecule has 370 valence electrons. The molecule has 73 heavy (non-hydrogen) atoms. The largest absolute Gasteiger partial charge is 0.738 e. The molecule has 0 aromatic heterocycles. The van der Waals surface area contributed by atoms with Crippen molar-refractivity contribution in [2.45, 2.75) is 51.9 Å². The Labute approximate surface area is 450 Å². The second-order valence-corrected chi connectivity index (χ2v) is 28.3. The van der Waals surface area contributed by atoms with E-state index in [0.29, 0.717) is 6.42 Å². The molecular weight excluding hydrogens is 1000 g/mol. The van der Waals surface area contributed by atoms with Crippen LogP contribution in [0.15, 0.2) is 267 Å². The summed E-state index contributed by atoms with van der Waals surface area (Å²) in [6.45, 7) is 11.4. The molecule has 0 N–H and O–H groups in total. The summed E-state index contributed by atoms with van der Waals surface area (Å²) in [6.07, 6.45) is 1.56. The zero-order chi connectivity index (χ0) is 49.9. The van der Waals surface area contributed by atoms with E-state index in [9.17, 15) is 4.79 Å². The Kier molecular flexibility index (Phi) is 18.4. The van der Waals surface area contributed by atoms with Crippen LogP contribution < -0.4 is 63.7 Å². The van der Waals surface area contributed by atoms with Crippen molar-refractivity contribution in [1.82, 2.24) is 0 Å². The molecule has 10 rings (SSSR count). The molecule has 0 fully saturated rings. The first-order valence-corrected chi connectivity index (χ1v) is 30.1. The Morgan fingerprint density at radius 1 is 0.384 bits per heavy atom. The molecule has 10 aromatic carbocycles. The van der Waals surface area contributed by atoms with Crippen molar-refractivity contribution in [2.24, 2.45) is 0 Å². The third-order valence-electron chi connectivity index (χ3n) is 13.0. The Bertz CT molecular complexity index is 2870. The third-order valence-corrected chi connectivity index (χ3v) is 23.3. The van der Waals surface area contributed by atoms with Crippen molar-refractivity contribution in [3.63, 3.8) is 0 Å². The molecule has 0 aliphatic heterocycles. The Hall–Kier alpha value is -5.63. The number of hydrogen-bond donors (Lipinski definition) is 0. The van der Waals surface area contributed by atoms with Crippen LogP contribution in [0.1, 0.15) is 52.2 Å². The fourth-order valence-electron chi connectivity index (χ4n) is 9.16. The van der Waals surface area contributed by atoms with Crippen LogP contribution in [0.5, 0.6) is 0 Å². The zero-order valence-corrected chi connectivity index (χ0v) is 46.9. The van der Waals surface area contributed by atoms with E-state index in [-0.39, 0.29) is 27.9 Å². The summed E-state index contributed by atoms with van der Waals surface area (Å²) >= 11 is 0. The van der Waals surface area contributed by atoms with Crippen LogP contribution in [0.2, 0.25) is 0 Å². The predicted octanol–water partition coefficient (Wildman–Crippen LogP) is 12.0. The van der Waals surface area contributed by atoms with Crippen molar-refractivity contribution < 1.29 is 21.9 Å². The van der Waals surface area contributed by atoms with Crippen molar-refractivity contribution >= 4 is 102 Å². The van der Waals surface area contributed by atoms with Crippen molar-refractivity contribution in [2.75, 3.05) is 0 Å². The van der Waals surface area contributed by atoms with E-state index in [0.717, 1.165) is 6.29 Å². The number of aldehydes is 1. The normalized spacial score (nSPS) is 11.6. The topological polar surface area (TPSA) is 17.1 Å². The van der Waals surface area contributed by atoms with Crippen molar-refractivity contribution in [3.05, 3.63) is 278 Å². The van der Waals surface area contributed by atoms with Gasteiger partial charge in [-0.05, 0) is 27.6 Å². The Morgan fingerprint density at radius 3 is 0.836 bits per heavy atom. The molecule has 0 radical (unpaired) electrons. The van der Waals surface area contributed by atoms with Gasteiger partial charge in [-0.3, -0.25) is 0 Å². The summed E-state index contributed by atoms with van der Waals surface area (Å²) in [5.74, 6) is 0. The van der Waals surface area contributed by atoms with Gasteiger partial charge in [0.1, 0.15) is 6.29 Å². The minimum Gasteiger partial charge on any atom is -0.738 e. The smallest absolute Gasteiger partial charge is 0.117 e. The maximum absolute atomic E-state index is 11.6. The predicted molar refractivity (Wildman–Crippen MR) is 321 cm³/mol. The van der Waals surface area contributed by atoms with Crippen LogP contribution in [0, 0.1) is 0 Å². The number of rotatable bonds is 15. The van der Waals surface area contributed by atoms with E-state index in [1.54, 1.807) is 0 Å². The average Bonchev–Trinajstić information content (AvgIpc) is 4.06. The second kappa shape index (κ2) is 25.1. The van der Waals surface area contributed by atoms with E-state index in [2.05, 4.69) is 302 Å². The first kappa shape index (κ1) is 53.7. The number of carbonyl (C=O) groups excluding carboxylic acids is 1. The average molecular weight is 1060 g/mol. The summed E-state index contributed by atoms with van der Waals surface area (Å²) in [4.78, 5) is 11.6. The van der Waals surface area contributed by atoms with Gasteiger partial charge in [0.2, 0.25) is 0 Å². The van der Waals surface area contributed by atoms with Gasteiger partial charge in [0.05, 0.1) is 0 Å². The molecule has 0 amide bonds. The van der Waals surface area contributed by atoms with Gasteiger partial charge >= 0.3 is 0 Å². The maximum Gasteiger partial charge on any atom is 0.117 e. The summed E-state index contributed by atoms with van der Waals surface area (Å²) < 4.78 is 0. The Balaban J connectivity index is 0.000000192. The van der Waals surface area contributed by atoms with Gasteiger partial charge in [-0.15, -0.1) is 0 Å². The van der Waals surface area contributed by atoms with Crippen molar-refractivity contribution in [3.8, 4) is 0 Å². The molecule has 0 saturated carbocycles. The molecule has 1 nitrogen and oxygen atoms in total. The van der Waals surface area contributed by atoms with Gasteiger partial charge in [0, 0.05) is 17.1 Å². The summed E-state index contributed by atoms with van der Waals surface area (Å²) in [6, 6.07) is 97.8. The van der Waals surface area contributed by atoms with E-state index in [1.165, 1.54) is 74.8 Å². The van der Waals surface area contributed by atoms with Crippen LogP contribution in [0.3, 0.4) is 0 Å². The van der Waals surface area contributed by atoms with Crippen LogP contribution in [-0.2, 0) is 32.7 Å². The van der Waals surface area contributed by atoms with Crippen molar-refractivity contribution in [1.29, 1.82) is 0 Å². The van der Waals surface area contributed by atoms with E-state index in [4.69, 9.17) is 0 Å². The van der Waals surface area contributed by atoms with Gasteiger partial charge in [-0.2, -0.15) is 33.7 Å². The summed E-state index contributed by atoms with van der Waals surface area (Å²) in [5, 5.41) is 16.7. The zero-order valence-electron chi connectivity index (χ0n) is 42.2. The third kappa shape index (κ3) is 12.8.